The first-order valence-corrected chi connectivity index (χ1v) is 6.83. The molecule has 1 fully saturated rings. The maximum absolute atomic E-state index is 9.92. The van der Waals surface area contributed by atoms with E-state index in [4.69, 9.17) is 16.3 Å². The van der Waals surface area contributed by atoms with Crippen molar-refractivity contribution in [3.05, 3.63) is 28.8 Å². The summed E-state index contributed by atoms with van der Waals surface area (Å²) in [6.45, 7) is 0.630. The highest BCUT2D eigenvalue weighted by Crippen LogP contribution is 2.27. The van der Waals surface area contributed by atoms with Gasteiger partial charge in [0.2, 0.25) is 0 Å². The standard InChI is InChI=1S/C14H20ClNO2/c1-18-14-8-4-5-11(15)10(14)9-16-12-6-2-3-7-13(12)17/h4-5,8,12-13,16-17H,2-3,6-7,9H2,1H3/t12-,13-/m0/s1. The van der Waals surface area contributed by atoms with E-state index in [0.29, 0.717) is 11.6 Å². The molecule has 100 valence electrons. The summed E-state index contributed by atoms with van der Waals surface area (Å²) in [5.74, 6) is 0.792. The van der Waals surface area contributed by atoms with Gasteiger partial charge in [0.1, 0.15) is 5.75 Å². The molecule has 2 atom stereocenters. The normalized spacial score (nSPS) is 23.9. The lowest BCUT2D eigenvalue weighted by Gasteiger charge is -2.28. The van der Waals surface area contributed by atoms with E-state index < -0.39 is 0 Å². The maximum Gasteiger partial charge on any atom is 0.124 e. The largest absolute Gasteiger partial charge is 0.496 e. The predicted octanol–water partition coefficient (Wildman–Crippen LogP) is 2.74. The van der Waals surface area contributed by atoms with E-state index in [0.717, 1.165) is 30.6 Å². The van der Waals surface area contributed by atoms with Gasteiger partial charge in [0.05, 0.1) is 13.2 Å². The quantitative estimate of drug-likeness (QED) is 0.883. The third-order valence-electron chi connectivity index (χ3n) is 3.57. The zero-order valence-corrected chi connectivity index (χ0v) is 11.4. The molecule has 0 saturated heterocycles. The Bertz CT molecular complexity index is 397. The van der Waals surface area contributed by atoms with E-state index in [1.165, 1.54) is 6.42 Å². The van der Waals surface area contributed by atoms with E-state index in [1.54, 1.807) is 7.11 Å². The number of aliphatic hydroxyl groups excluding tert-OH is 1. The molecular formula is C14H20ClNO2. The molecule has 0 spiro atoms. The Labute approximate surface area is 113 Å². The van der Waals surface area contributed by atoms with Crippen LogP contribution in [0.5, 0.6) is 5.75 Å². The van der Waals surface area contributed by atoms with Gasteiger partial charge >= 0.3 is 0 Å². The average molecular weight is 270 g/mol. The van der Waals surface area contributed by atoms with Gasteiger partial charge in [-0.05, 0) is 25.0 Å². The number of hydrogen-bond acceptors (Lipinski definition) is 3. The minimum atomic E-state index is -0.243. The van der Waals surface area contributed by atoms with Crippen molar-refractivity contribution in [3.63, 3.8) is 0 Å². The summed E-state index contributed by atoms with van der Waals surface area (Å²) >= 11 is 6.18. The SMILES string of the molecule is COc1cccc(Cl)c1CN[C@H]1CCCC[C@@H]1O. The van der Waals surface area contributed by atoms with E-state index in [9.17, 15) is 5.11 Å². The number of methoxy groups -OCH3 is 1. The lowest BCUT2D eigenvalue weighted by Crippen LogP contribution is -2.41. The van der Waals surface area contributed by atoms with Crippen molar-refractivity contribution in [3.8, 4) is 5.75 Å². The Kier molecular flexibility index (Phi) is 4.87. The minimum absolute atomic E-state index is 0.166. The summed E-state index contributed by atoms with van der Waals surface area (Å²) in [7, 11) is 1.64. The molecule has 1 aromatic rings. The van der Waals surface area contributed by atoms with Gasteiger partial charge in [-0.1, -0.05) is 30.5 Å². The van der Waals surface area contributed by atoms with E-state index in [-0.39, 0.29) is 12.1 Å². The fourth-order valence-electron chi connectivity index (χ4n) is 2.48. The maximum atomic E-state index is 9.92. The highest BCUT2D eigenvalue weighted by atomic mass is 35.5. The molecule has 1 saturated carbocycles. The average Bonchev–Trinajstić information content (AvgIpc) is 2.39. The van der Waals surface area contributed by atoms with Crippen LogP contribution in [0.3, 0.4) is 0 Å². The van der Waals surface area contributed by atoms with Gasteiger partial charge in [-0.2, -0.15) is 0 Å². The monoisotopic (exact) mass is 269 g/mol. The first-order chi connectivity index (χ1) is 8.72. The van der Waals surface area contributed by atoms with Gasteiger partial charge < -0.3 is 15.2 Å². The second kappa shape index (κ2) is 6.41. The molecule has 0 unspecified atom stereocenters. The molecule has 1 aliphatic rings. The second-order valence-corrected chi connectivity index (χ2v) is 5.17. The molecule has 4 heteroatoms. The number of aliphatic hydroxyl groups is 1. The predicted molar refractivity (Wildman–Crippen MR) is 73.1 cm³/mol. The van der Waals surface area contributed by atoms with Crippen molar-refractivity contribution < 1.29 is 9.84 Å². The van der Waals surface area contributed by atoms with Crippen LogP contribution in [0.4, 0.5) is 0 Å². The van der Waals surface area contributed by atoms with Crippen LogP contribution in [0.2, 0.25) is 5.02 Å². The van der Waals surface area contributed by atoms with Gasteiger partial charge in [0.25, 0.3) is 0 Å². The van der Waals surface area contributed by atoms with Crippen LogP contribution < -0.4 is 10.1 Å². The highest BCUT2D eigenvalue weighted by molar-refractivity contribution is 6.31. The van der Waals surface area contributed by atoms with Gasteiger partial charge in [-0.25, -0.2) is 0 Å². The summed E-state index contributed by atoms with van der Waals surface area (Å²) in [5.41, 5.74) is 0.958. The lowest BCUT2D eigenvalue weighted by molar-refractivity contribution is 0.0901. The fourth-order valence-corrected chi connectivity index (χ4v) is 2.72. The van der Waals surface area contributed by atoms with Crippen LogP contribution in [-0.4, -0.2) is 24.4 Å². The molecule has 0 aromatic heterocycles. The molecule has 0 radical (unpaired) electrons. The third kappa shape index (κ3) is 3.16. The summed E-state index contributed by atoms with van der Waals surface area (Å²) in [6.07, 6.45) is 3.96. The van der Waals surface area contributed by atoms with Crippen LogP contribution in [0.1, 0.15) is 31.2 Å². The van der Waals surface area contributed by atoms with E-state index >= 15 is 0 Å². The lowest BCUT2D eigenvalue weighted by atomic mass is 9.92. The molecular weight excluding hydrogens is 250 g/mol. The molecule has 0 bridgehead atoms. The summed E-state index contributed by atoms with van der Waals surface area (Å²) in [5, 5.41) is 14.0. The number of ether oxygens (including phenoxy) is 1. The first-order valence-electron chi connectivity index (χ1n) is 6.45. The smallest absolute Gasteiger partial charge is 0.124 e. The van der Waals surface area contributed by atoms with Crippen molar-refractivity contribution in [1.82, 2.24) is 5.32 Å². The summed E-state index contributed by atoms with van der Waals surface area (Å²) in [6, 6.07) is 5.80. The van der Waals surface area contributed by atoms with E-state index in [2.05, 4.69) is 5.32 Å². The number of nitrogens with one attached hydrogen (secondary N) is 1. The Morgan fingerprint density at radius 2 is 2.17 bits per heavy atom. The van der Waals surface area contributed by atoms with Gasteiger partial charge in [0, 0.05) is 23.2 Å². The van der Waals surface area contributed by atoms with Crippen molar-refractivity contribution in [1.29, 1.82) is 0 Å². The Morgan fingerprint density at radius 1 is 1.39 bits per heavy atom. The topological polar surface area (TPSA) is 41.5 Å². The molecule has 0 aliphatic heterocycles. The molecule has 0 amide bonds. The zero-order valence-electron chi connectivity index (χ0n) is 10.7. The Morgan fingerprint density at radius 3 is 2.89 bits per heavy atom. The molecule has 0 heterocycles. The second-order valence-electron chi connectivity index (χ2n) is 4.76. The van der Waals surface area contributed by atoms with Crippen LogP contribution in [-0.2, 0) is 6.54 Å². The van der Waals surface area contributed by atoms with Crippen LogP contribution >= 0.6 is 11.6 Å². The van der Waals surface area contributed by atoms with Crippen molar-refractivity contribution >= 4 is 11.6 Å². The Balaban J connectivity index is 2.01. The molecule has 1 aromatic carbocycles. The van der Waals surface area contributed by atoms with Crippen LogP contribution in [0, 0.1) is 0 Å². The third-order valence-corrected chi connectivity index (χ3v) is 3.92. The molecule has 2 N–H and O–H groups in total. The highest BCUT2D eigenvalue weighted by Gasteiger charge is 2.22. The van der Waals surface area contributed by atoms with Crippen molar-refractivity contribution in [2.24, 2.45) is 0 Å². The Hall–Kier alpha value is -0.770. The van der Waals surface area contributed by atoms with Crippen molar-refractivity contribution in [2.45, 2.75) is 44.4 Å². The molecule has 3 nitrogen and oxygen atoms in total. The van der Waals surface area contributed by atoms with Crippen molar-refractivity contribution in [2.75, 3.05) is 7.11 Å². The summed E-state index contributed by atoms with van der Waals surface area (Å²) in [4.78, 5) is 0. The van der Waals surface area contributed by atoms with Gasteiger partial charge in [-0.3, -0.25) is 0 Å². The zero-order chi connectivity index (χ0) is 13.0. The summed E-state index contributed by atoms with van der Waals surface area (Å²) < 4.78 is 5.31. The first kappa shape index (κ1) is 13.7. The minimum Gasteiger partial charge on any atom is -0.496 e. The van der Waals surface area contributed by atoms with Crippen LogP contribution in [0.15, 0.2) is 18.2 Å². The number of hydrogen-bond donors (Lipinski definition) is 2. The van der Waals surface area contributed by atoms with Gasteiger partial charge in [-0.15, -0.1) is 0 Å². The molecule has 18 heavy (non-hydrogen) atoms. The molecule has 1 aliphatic carbocycles. The number of benzene rings is 1. The fraction of sp³-hybridized carbons (Fsp3) is 0.571. The van der Waals surface area contributed by atoms with E-state index in [1.807, 2.05) is 18.2 Å². The number of halogens is 1. The molecule has 2 rings (SSSR count). The van der Waals surface area contributed by atoms with Crippen LogP contribution in [0.25, 0.3) is 0 Å². The van der Waals surface area contributed by atoms with Gasteiger partial charge in [0.15, 0.2) is 0 Å². The number of rotatable bonds is 4.